The number of hydrogen-bond acceptors (Lipinski definition) is 6. The van der Waals surface area contributed by atoms with Gasteiger partial charge < -0.3 is 24.8 Å². The summed E-state index contributed by atoms with van der Waals surface area (Å²) in [5.74, 6) is -0.579. The zero-order valence-electron chi connectivity index (χ0n) is 14.9. The molecule has 0 bridgehead atoms. The Hall–Kier alpha value is -2.09. The van der Waals surface area contributed by atoms with Crippen molar-refractivity contribution < 1.29 is 29.6 Å². The van der Waals surface area contributed by atoms with Crippen molar-refractivity contribution in [3.8, 4) is 0 Å². The smallest absolute Gasteiger partial charge is 0.167 e. The van der Waals surface area contributed by atoms with E-state index in [1.165, 1.54) is 0 Å². The molecule has 4 atom stereocenters. The number of carbonyl (C=O) groups excluding carboxylic acids is 1. The summed E-state index contributed by atoms with van der Waals surface area (Å²) in [6.45, 7) is 0.0999. The molecule has 3 N–H and O–H groups in total. The Morgan fingerprint density at radius 2 is 1.48 bits per heavy atom. The molecule has 1 aliphatic carbocycles. The Balaban J connectivity index is 1.63. The molecule has 0 heterocycles. The highest BCUT2D eigenvalue weighted by Gasteiger charge is 2.52. The predicted molar refractivity (Wildman–Crippen MR) is 97.7 cm³/mol. The molecule has 1 saturated carbocycles. The van der Waals surface area contributed by atoms with Gasteiger partial charge >= 0.3 is 0 Å². The van der Waals surface area contributed by atoms with Crippen LogP contribution in [0.25, 0.3) is 0 Å². The van der Waals surface area contributed by atoms with Crippen LogP contribution in [0.2, 0.25) is 0 Å². The van der Waals surface area contributed by atoms with Crippen molar-refractivity contribution in [1.82, 2.24) is 0 Å². The van der Waals surface area contributed by atoms with Crippen LogP contribution in [0.5, 0.6) is 0 Å². The Kier molecular flexibility index (Phi) is 6.36. The Morgan fingerprint density at radius 1 is 0.926 bits per heavy atom. The summed E-state index contributed by atoms with van der Waals surface area (Å²) < 4.78 is 11.1. The number of benzene rings is 2. The van der Waals surface area contributed by atoms with Crippen molar-refractivity contribution in [2.75, 3.05) is 6.61 Å². The quantitative estimate of drug-likeness (QED) is 0.676. The van der Waals surface area contributed by atoms with Crippen molar-refractivity contribution in [3.05, 3.63) is 71.8 Å². The average Bonchev–Trinajstić information content (AvgIpc) is 2.68. The van der Waals surface area contributed by atoms with E-state index in [4.69, 9.17) is 9.47 Å². The highest BCUT2D eigenvalue weighted by atomic mass is 16.5. The van der Waals surface area contributed by atoms with Crippen LogP contribution in [0.15, 0.2) is 60.7 Å². The van der Waals surface area contributed by atoms with Crippen LogP contribution in [-0.4, -0.2) is 51.6 Å². The van der Waals surface area contributed by atoms with Gasteiger partial charge in [-0.05, 0) is 11.1 Å². The molecule has 0 radical (unpaired) electrons. The first kappa shape index (κ1) is 19.7. The molecule has 0 unspecified atom stereocenters. The van der Waals surface area contributed by atoms with Gasteiger partial charge in [-0.15, -0.1) is 0 Å². The summed E-state index contributed by atoms with van der Waals surface area (Å²) in [5.41, 5.74) is -0.0691. The number of aliphatic hydroxyl groups excluding tert-OH is 2. The van der Waals surface area contributed by atoms with Gasteiger partial charge in [0.1, 0.15) is 23.9 Å². The van der Waals surface area contributed by atoms with Crippen LogP contribution in [-0.2, 0) is 27.5 Å². The lowest BCUT2D eigenvalue weighted by Gasteiger charge is -2.42. The second kappa shape index (κ2) is 8.73. The van der Waals surface area contributed by atoms with Gasteiger partial charge in [-0.3, -0.25) is 4.79 Å². The van der Waals surface area contributed by atoms with Gasteiger partial charge in [0.2, 0.25) is 0 Å². The first-order valence-corrected chi connectivity index (χ1v) is 8.88. The molecule has 6 heteroatoms. The van der Waals surface area contributed by atoms with Gasteiger partial charge in [0.15, 0.2) is 5.78 Å². The van der Waals surface area contributed by atoms with E-state index in [2.05, 4.69) is 0 Å². The zero-order chi connectivity index (χ0) is 19.3. The second-order valence-corrected chi connectivity index (χ2v) is 6.88. The number of Topliss-reactive ketones (excluding diaryl/α,β-unsaturated/α-hetero) is 1. The summed E-state index contributed by atoms with van der Waals surface area (Å²) in [7, 11) is 0. The summed E-state index contributed by atoms with van der Waals surface area (Å²) in [5, 5.41) is 31.5. The third kappa shape index (κ3) is 4.80. The molecule has 1 fully saturated rings. The number of hydrogen-bond donors (Lipinski definition) is 3. The van der Waals surface area contributed by atoms with Crippen molar-refractivity contribution in [2.45, 2.75) is 43.5 Å². The van der Waals surface area contributed by atoms with Gasteiger partial charge in [0.25, 0.3) is 0 Å². The van der Waals surface area contributed by atoms with Crippen LogP contribution in [0, 0.1) is 0 Å². The molecule has 0 spiro atoms. The highest BCUT2D eigenvalue weighted by molar-refractivity contribution is 5.85. The van der Waals surface area contributed by atoms with E-state index >= 15 is 0 Å². The molecule has 0 aromatic heterocycles. The maximum Gasteiger partial charge on any atom is 0.167 e. The molecule has 0 aliphatic heterocycles. The van der Waals surface area contributed by atoms with Crippen LogP contribution >= 0.6 is 0 Å². The van der Waals surface area contributed by atoms with E-state index in [1.807, 2.05) is 60.7 Å². The van der Waals surface area contributed by atoms with Crippen LogP contribution < -0.4 is 0 Å². The molecule has 0 amide bonds. The minimum atomic E-state index is -1.81. The number of aliphatic hydroxyl groups is 3. The first-order chi connectivity index (χ1) is 13.0. The molecule has 2 aromatic rings. The summed E-state index contributed by atoms with van der Waals surface area (Å²) in [6.07, 6.45) is -4.56. The maximum atomic E-state index is 12.2. The molecule has 3 rings (SSSR count). The fraction of sp³-hybridized carbons (Fsp3) is 0.381. The molecule has 144 valence electrons. The summed E-state index contributed by atoms with van der Waals surface area (Å²) in [4.78, 5) is 12.2. The number of ketones is 1. The van der Waals surface area contributed by atoms with E-state index in [0.717, 1.165) is 11.1 Å². The monoisotopic (exact) mass is 372 g/mol. The lowest BCUT2D eigenvalue weighted by atomic mass is 9.78. The van der Waals surface area contributed by atoms with Crippen molar-refractivity contribution in [3.63, 3.8) is 0 Å². The Bertz CT molecular complexity index is 735. The Morgan fingerprint density at radius 3 is 2.07 bits per heavy atom. The SMILES string of the molecule is O=C1C[C@](O)(COCc2ccccc2)[C@@H](O)[C@H](OCc2ccccc2)[C@H]1O. The van der Waals surface area contributed by atoms with E-state index in [-0.39, 0.29) is 19.8 Å². The first-order valence-electron chi connectivity index (χ1n) is 8.88. The van der Waals surface area contributed by atoms with Crippen molar-refractivity contribution in [2.24, 2.45) is 0 Å². The minimum Gasteiger partial charge on any atom is -0.387 e. The lowest BCUT2D eigenvalue weighted by molar-refractivity contribution is -0.216. The zero-order valence-corrected chi connectivity index (χ0v) is 14.9. The van der Waals surface area contributed by atoms with Gasteiger partial charge in [-0.25, -0.2) is 0 Å². The van der Waals surface area contributed by atoms with Crippen LogP contribution in [0.3, 0.4) is 0 Å². The second-order valence-electron chi connectivity index (χ2n) is 6.88. The molecule has 27 heavy (non-hydrogen) atoms. The topological polar surface area (TPSA) is 96.2 Å². The normalized spacial score (nSPS) is 28.3. The van der Waals surface area contributed by atoms with E-state index in [0.29, 0.717) is 0 Å². The number of carbonyl (C=O) groups is 1. The molecular formula is C21H24O6. The average molecular weight is 372 g/mol. The molecule has 0 saturated heterocycles. The summed E-state index contributed by atoms with van der Waals surface area (Å²) >= 11 is 0. The van der Waals surface area contributed by atoms with Gasteiger partial charge in [0, 0.05) is 6.42 Å². The fourth-order valence-corrected chi connectivity index (χ4v) is 3.18. The standard InChI is InChI=1S/C21H24O6/c22-17-11-21(25,14-26-12-15-7-3-1-4-8-15)20(24)19(18(17)23)27-13-16-9-5-2-6-10-16/h1-10,18-20,23-25H,11-14H2/t18-,19+,20-,21-/m0/s1. The van der Waals surface area contributed by atoms with Crippen LogP contribution in [0.1, 0.15) is 17.5 Å². The van der Waals surface area contributed by atoms with Crippen LogP contribution in [0.4, 0.5) is 0 Å². The van der Waals surface area contributed by atoms with E-state index in [9.17, 15) is 20.1 Å². The van der Waals surface area contributed by atoms with Gasteiger partial charge in [0.05, 0.1) is 19.8 Å². The molecule has 1 aliphatic rings. The van der Waals surface area contributed by atoms with Gasteiger partial charge in [-0.2, -0.15) is 0 Å². The van der Waals surface area contributed by atoms with E-state index in [1.54, 1.807) is 0 Å². The molecular weight excluding hydrogens is 348 g/mol. The van der Waals surface area contributed by atoms with Gasteiger partial charge in [-0.1, -0.05) is 60.7 Å². The maximum absolute atomic E-state index is 12.2. The van der Waals surface area contributed by atoms with Crippen molar-refractivity contribution >= 4 is 5.78 Å². The fourth-order valence-electron chi connectivity index (χ4n) is 3.18. The molecule has 6 nitrogen and oxygen atoms in total. The Labute approximate surface area is 158 Å². The number of rotatable bonds is 7. The highest BCUT2D eigenvalue weighted by Crippen LogP contribution is 2.30. The predicted octanol–water partition coefficient (Wildman–Crippen LogP) is 1.21. The lowest BCUT2D eigenvalue weighted by Crippen LogP contribution is -2.63. The van der Waals surface area contributed by atoms with E-state index < -0.39 is 36.1 Å². The summed E-state index contributed by atoms with van der Waals surface area (Å²) in [6, 6.07) is 18.6. The third-order valence-corrected chi connectivity index (χ3v) is 4.73. The largest absolute Gasteiger partial charge is 0.387 e. The minimum absolute atomic E-state index is 0.105. The van der Waals surface area contributed by atoms with Crippen molar-refractivity contribution in [1.29, 1.82) is 0 Å². The third-order valence-electron chi connectivity index (χ3n) is 4.73. The molecule has 2 aromatic carbocycles. The number of ether oxygens (including phenoxy) is 2.